The van der Waals surface area contributed by atoms with Crippen molar-refractivity contribution in [3.63, 3.8) is 0 Å². The number of amides is 1. The Morgan fingerprint density at radius 1 is 1.07 bits per heavy atom. The Hall–Kier alpha value is -3.54. The van der Waals surface area contributed by atoms with Gasteiger partial charge in [0.25, 0.3) is 0 Å². The van der Waals surface area contributed by atoms with Crippen LogP contribution in [0.5, 0.6) is 11.5 Å². The summed E-state index contributed by atoms with van der Waals surface area (Å²) in [6.07, 6.45) is 3.33. The van der Waals surface area contributed by atoms with E-state index in [1.54, 1.807) is 20.3 Å². The maximum Gasteiger partial charge on any atom is 0.244 e. The van der Waals surface area contributed by atoms with Crippen LogP contribution in [-0.2, 0) is 11.3 Å². The third kappa shape index (κ3) is 4.48. The number of hydrogen-bond donors (Lipinski definition) is 1. The first-order chi connectivity index (χ1) is 14.0. The van der Waals surface area contributed by atoms with Gasteiger partial charge in [0, 0.05) is 29.4 Å². The van der Waals surface area contributed by atoms with Gasteiger partial charge in [0.2, 0.25) is 5.91 Å². The Balaban J connectivity index is 1.72. The number of methoxy groups -OCH3 is 2. The number of nitrogens with one attached hydrogen (secondary N) is 1. The minimum atomic E-state index is -0.193. The van der Waals surface area contributed by atoms with E-state index in [1.165, 1.54) is 6.08 Å². The summed E-state index contributed by atoms with van der Waals surface area (Å²) in [6.45, 7) is 4.27. The highest BCUT2D eigenvalue weighted by atomic mass is 16.5. The lowest BCUT2D eigenvalue weighted by Gasteiger charge is -2.12. The SMILES string of the molecule is COc1cccc(CNC(=O)/C=C/c2c(C)nn(-c3ccccc3)c2C)c1OC. The smallest absolute Gasteiger partial charge is 0.244 e. The molecular formula is C23H25N3O3. The predicted octanol–water partition coefficient (Wildman–Crippen LogP) is 3.84. The monoisotopic (exact) mass is 391 g/mol. The summed E-state index contributed by atoms with van der Waals surface area (Å²) in [5, 5.41) is 7.48. The van der Waals surface area contributed by atoms with Crippen LogP contribution in [0, 0.1) is 13.8 Å². The number of rotatable bonds is 7. The van der Waals surface area contributed by atoms with Gasteiger partial charge in [-0.25, -0.2) is 4.68 Å². The average Bonchev–Trinajstić information content (AvgIpc) is 3.04. The van der Waals surface area contributed by atoms with E-state index in [9.17, 15) is 4.79 Å². The molecule has 3 aromatic rings. The summed E-state index contributed by atoms with van der Waals surface area (Å²) >= 11 is 0. The molecule has 0 saturated heterocycles. The molecule has 1 heterocycles. The number of aromatic nitrogens is 2. The van der Waals surface area contributed by atoms with Gasteiger partial charge in [-0.3, -0.25) is 4.79 Å². The van der Waals surface area contributed by atoms with Gasteiger partial charge in [0.1, 0.15) is 0 Å². The molecule has 1 amide bonds. The first-order valence-corrected chi connectivity index (χ1v) is 9.32. The first kappa shape index (κ1) is 20.2. The molecule has 0 aliphatic rings. The summed E-state index contributed by atoms with van der Waals surface area (Å²) in [6, 6.07) is 15.5. The molecule has 0 atom stereocenters. The van der Waals surface area contributed by atoms with Crippen LogP contribution in [0.25, 0.3) is 11.8 Å². The summed E-state index contributed by atoms with van der Waals surface area (Å²) < 4.78 is 12.6. The number of carbonyl (C=O) groups is 1. The molecule has 0 bridgehead atoms. The minimum absolute atomic E-state index is 0.193. The Bertz CT molecular complexity index is 1020. The molecule has 0 aliphatic carbocycles. The molecule has 150 valence electrons. The fourth-order valence-corrected chi connectivity index (χ4v) is 3.21. The molecule has 29 heavy (non-hydrogen) atoms. The van der Waals surface area contributed by atoms with E-state index in [1.807, 2.05) is 67.1 Å². The van der Waals surface area contributed by atoms with Gasteiger partial charge >= 0.3 is 0 Å². The Morgan fingerprint density at radius 2 is 1.83 bits per heavy atom. The van der Waals surface area contributed by atoms with Crippen LogP contribution in [-0.4, -0.2) is 29.9 Å². The van der Waals surface area contributed by atoms with Gasteiger partial charge in [-0.2, -0.15) is 5.10 Å². The van der Waals surface area contributed by atoms with Gasteiger partial charge in [0.15, 0.2) is 11.5 Å². The molecule has 1 aromatic heterocycles. The first-order valence-electron chi connectivity index (χ1n) is 9.32. The molecule has 0 saturated carbocycles. The molecule has 6 nitrogen and oxygen atoms in total. The van der Waals surface area contributed by atoms with Crippen molar-refractivity contribution in [1.82, 2.24) is 15.1 Å². The Morgan fingerprint density at radius 3 is 2.52 bits per heavy atom. The van der Waals surface area contributed by atoms with Crippen LogP contribution in [0.4, 0.5) is 0 Å². The molecule has 1 N–H and O–H groups in total. The van der Waals surface area contributed by atoms with Gasteiger partial charge in [-0.15, -0.1) is 0 Å². The van der Waals surface area contributed by atoms with E-state index in [0.29, 0.717) is 18.0 Å². The van der Waals surface area contributed by atoms with Crippen LogP contribution >= 0.6 is 0 Å². The normalized spacial score (nSPS) is 10.9. The van der Waals surface area contributed by atoms with Crippen molar-refractivity contribution < 1.29 is 14.3 Å². The number of hydrogen-bond acceptors (Lipinski definition) is 4. The minimum Gasteiger partial charge on any atom is -0.493 e. The number of para-hydroxylation sites is 2. The second kappa shape index (κ2) is 9.10. The van der Waals surface area contributed by atoms with E-state index in [-0.39, 0.29) is 5.91 Å². The molecule has 0 spiro atoms. The number of ether oxygens (including phenoxy) is 2. The third-order valence-corrected chi connectivity index (χ3v) is 4.69. The second-order valence-corrected chi connectivity index (χ2v) is 6.54. The lowest BCUT2D eigenvalue weighted by Crippen LogP contribution is -2.20. The standard InChI is InChI=1S/C23H25N3O3/c1-16-20(17(2)26(25-16)19-10-6-5-7-11-19)13-14-22(27)24-15-18-9-8-12-21(28-3)23(18)29-4/h5-14H,15H2,1-4H3,(H,24,27)/b14-13+. The average molecular weight is 391 g/mol. The molecule has 0 fully saturated rings. The number of carbonyl (C=O) groups excluding carboxylic acids is 1. The van der Waals surface area contributed by atoms with E-state index < -0.39 is 0 Å². The zero-order valence-corrected chi connectivity index (χ0v) is 17.1. The van der Waals surface area contributed by atoms with Crippen LogP contribution in [0.3, 0.4) is 0 Å². The van der Waals surface area contributed by atoms with Crippen LogP contribution in [0.2, 0.25) is 0 Å². The topological polar surface area (TPSA) is 65.4 Å². The quantitative estimate of drug-likeness (QED) is 0.622. The highest BCUT2D eigenvalue weighted by molar-refractivity contribution is 5.92. The van der Waals surface area contributed by atoms with Crippen molar-refractivity contribution in [2.45, 2.75) is 20.4 Å². The Kier molecular flexibility index (Phi) is 6.34. The van der Waals surface area contributed by atoms with Gasteiger partial charge in [0.05, 0.1) is 25.6 Å². The largest absolute Gasteiger partial charge is 0.493 e. The molecule has 3 rings (SSSR count). The van der Waals surface area contributed by atoms with E-state index in [0.717, 1.165) is 28.2 Å². The predicted molar refractivity (Wildman–Crippen MR) is 113 cm³/mol. The third-order valence-electron chi connectivity index (χ3n) is 4.69. The number of aryl methyl sites for hydroxylation is 1. The number of benzene rings is 2. The maximum atomic E-state index is 12.3. The van der Waals surface area contributed by atoms with Gasteiger partial charge < -0.3 is 14.8 Å². The summed E-state index contributed by atoms with van der Waals surface area (Å²) in [5.74, 6) is 1.06. The van der Waals surface area contributed by atoms with Crippen molar-refractivity contribution in [2.75, 3.05) is 14.2 Å². The van der Waals surface area contributed by atoms with E-state index in [2.05, 4.69) is 10.4 Å². The van der Waals surface area contributed by atoms with Crippen molar-refractivity contribution in [3.8, 4) is 17.2 Å². The zero-order chi connectivity index (χ0) is 20.8. The molecular weight excluding hydrogens is 366 g/mol. The number of nitrogens with zero attached hydrogens (tertiary/aromatic N) is 2. The summed E-state index contributed by atoms with van der Waals surface area (Å²) in [7, 11) is 3.17. The summed E-state index contributed by atoms with van der Waals surface area (Å²) in [5.41, 5.74) is 4.61. The van der Waals surface area contributed by atoms with Crippen molar-refractivity contribution in [3.05, 3.63) is 77.1 Å². The second-order valence-electron chi connectivity index (χ2n) is 6.54. The lowest BCUT2D eigenvalue weighted by molar-refractivity contribution is -0.116. The van der Waals surface area contributed by atoms with Crippen molar-refractivity contribution >= 4 is 12.0 Å². The Labute approximate surface area is 170 Å². The van der Waals surface area contributed by atoms with Crippen molar-refractivity contribution in [1.29, 1.82) is 0 Å². The molecule has 0 aliphatic heterocycles. The summed E-state index contributed by atoms with van der Waals surface area (Å²) in [4.78, 5) is 12.3. The van der Waals surface area contributed by atoms with Crippen LogP contribution in [0.1, 0.15) is 22.5 Å². The van der Waals surface area contributed by atoms with Gasteiger partial charge in [-0.05, 0) is 38.1 Å². The van der Waals surface area contributed by atoms with E-state index in [4.69, 9.17) is 9.47 Å². The lowest BCUT2D eigenvalue weighted by atomic mass is 10.1. The van der Waals surface area contributed by atoms with E-state index >= 15 is 0 Å². The maximum absolute atomic E-state index is 12.3. The van der Waals surface area contributed by atoms with Crippen LogP contribution in [0.15, 0.2) is 54.6 Å². The highest BCUT2D eigenvalue weighted by Gasteiger charge is 2.12. The van der Waals surface area contributed by atoms with Crippen molar-refractivity contribution in [2.24, 2.45) is 0 Å². The van der Waals surface area contributed by atoms with Gasteiger partial charge in [-0.1, -0.05) is 30.3 Å². The highest BCUT2D eigenvalue weighted by Crippen LogP contribution is 2.30. The fraction of sp³-hybridized carbons (Fsp3) is 0.217. The molecule has 0 radical (unpaired) electrons. The fourth-order valence-electron chi connectivity index (χ4n) is 3.21. The van der Waals surface area contributed by atoms with Crippen LogP contribution < -0.4 is 14.8 Å². The molecule has 6 heteroatoms. The molecule has 2 aromatic carbocycles. The molecule has 0 unspecified atom stereocenters. The zero-order valence-electron chi connectivity index (χ0n) is 17.1.